The van der Waals surface area contributed by atoms with Crippen LogP contribution in [-0.4, -0.2) is 36.3 Å². The number of aromatic amines is 1. The SMILES string of the molecule is COc1cc(-c2nc(N)[nH]c2-c2ccnc3cc(Cl)ccc23)cc(OC)c1OC. The minimum atomic E-state index is 0.294. The van der Waals surface area contributed by atoms with Gasteiger partial charge in [0.1, 0.15) is 0 Å². The average molecular weight is 411 g/mol. The molecule has 29 heavy (non-hydrogen) atoms. The third kappa shape index (κ3) is 3.30. The van der Waals surface area contributed by atoms with E-state index in [2.05, 4.69) is 15.0 Å². The minimum absolute atomic E-state index is 0.294. The number of nitrogens with zero attached hydrogens (tertiary/aromatic N) is 2. The van der Waals surface area contributed by atoms with E-state index in [9.17, 15) is 0 Å². The number of rotatable bonds is 5. The van der Waals surface area contributed by atoms with E-state index >= 15 is 0 Å². The summed E-state index contributed by atoms with van der Waals surface area (Å²) in [5.74, 6) is 1.86. The summed E-state index contributed by atoms with van der Waals surface area (Å²) in [7, 11) is 4.70. The Kier molecular flexibility index (Phi) is 4.90. The molecule has 4 aromatic rings. The largest absolute Gasteiger partial charge is 0.493 e. The van der Waals surface area contributed by atoms with Crippen molar-refractivity contribution in [1.29, 1.82) is 0 Å². The van der Waals surface area contributed by atoms with Crippen molar-refractivity contribution in [2.45, 2.75) is 0 Å². The Morgan fingerprint density at radius 2 is 1.69 bits per heavy atom. The van der Waals surface area contributed by atoms with Crippen molar-refractivity contribution in [3.05, 3.63) is 47.6 Å². The van der Waals surface area contributed by atoms with Crippen molar-refractivity contribution in [3.63, 3.8) is 0 Å². The van der Waals surface area contributed by atoms with Crippen molar-refractivity contribution in [2.75, 3.05) is 27.1 Å². The third-order valence-electron chi connectivity index (χ3n) is 4.63. The van der Waals surface area contributed by atoms with E-state index in [1.807, 2.05) is 36.4 Å². The van der Waals surface area contributed by atoms with Gasteiger partial charge in [-0.1, -0.05) is 17.7 Å². The maximum Gasteiger partial charge on any atom is 0.203 e. The Morgan fingerprint density at radius 1 is 0.966 bits per heavy atom. The topological polar surface area (TPSA) is 95.3 Å². The summed E-state index contributed by atoms with van der Waals surface area (Å²) < 4.78 is 16.4. The number of imidazole rings is 1. The Morgan fingerprint density at radius 3 is 2.34 bits per heavy atom. The van der Waals surface area contributed by atoms with E-state index in [4.69, 9.17) is 31.5 Å². The molecule has 8 heteroatoms. The monoisotopic (exact) mass is 410 g/mol. The van der Waals surface area contributed by atoms with Crippen LogP contribution in [0.5, 0.6) is 17.2 Å². The Labute approximate surface area is 172 Å². The summed E-state index contributed by atoms with van der Waals surface area (Å²) in [6.07, 6.45) is 1.73. The number of aromatic nitrogens is 3. The van der Waals surface area contributed by atoms with Gasteiger partial charge in [-0.05, 0) is 30.3 Å². The van der Waals surface area contributed by atoms with Gasteiger partial charge in [-0.3, -0.25) is 4.98 Å². The van der Waals surface area contributed by atoms with Crippen molar-refractivity contribution < 1.29 is 14.2 Å². The van der Waals surface area contributed by atoms with Crippen LogP contribution < -0.4 is 19.9 Å². The van der Waals surface area contributed by atoms with Crippen LogP contribution in [0.15, 0.2) is 42.6 Å². The number of nitrogens with one attached hydrogen (secondary N) is 1. The summed E-state index contributed by atoms with van der Waals surface area (Å²) in [5.41, 5.74) is 9.89. The number of pyridine rings is 1. The second-order valence-corrected chi connectivity index (χ2v) is 6.72. The fraction of sp³-hybridized carbons (Fsp3) is 0.143. The van der Waals surface area contributed by atoms with Crippen molar-refractivity contribution in [1.82, 2.24) is 15.0 Å². The normalized spacial score (nSPS) is 10.9. The molecule has 0 fully saturated rings. The van der Waals surface area contributed by atoms with Crippen LogP contribution in [0.3, 0.4) is 0 Å². The zero-order chi connectivity index (χ0) is 20.5. The number of benzene rings is 2. The second kappa shape index (κ2) is 7.52. The summed E-state index contributed by atoms with van der Waals surface area (Å²) in [5, 5.41) is 1.55. The van der Waals surface area contributed by atoms with Crippen molar-refractivity contribution >= 4 is 28.5 Å². The predicted molar refractivity (Wildman–Crippen MR) is 114 cm³/mol. The van der Waals surface area contributed by atoms with Gasteiger partial charge in [0.05, 0.1) is 38.2 Å². The molecule has 0 radical (unpaired) electrons. The summed E-state index contributed by atoms with van der Waals surface area (Å²) in [4.78, 5) is 12.1. The molecule has 0 aliphatic carbocycles. The molecule has 7 nitrogen and oxygen atoms in total. The van der Waals surface area contributed by atoms with E-state index in [-0.39, 0.29) is 0 Å². The van der Waals surface area contributed by atoms with Crippen LogP contribution in [0.1, 0.15) is 0 Å². The minimum Gasteiger partial charge on any atom is -0.493 e. The molecule has 4 rings (SSSR count). The quantitative estimate of drug-likeness (QED) is 0.501. The number of halogens is 1. The molecule has 0 aliphatic rings. The van der Waals surface area contributed by atoms with Crippen LogP contribution >= 0.6 is 11.6 Å². The number of ether oxygens (including phenoxy) is 3. The number of fused-ring (bicyclic) bond motifs is 1. The molecular formula is C21H19ClN4O3. The fourth-order valence-electron chi connectivity index (χ4n) is 3.35. The number of hydrogen-bond donors (Lipinski definition) is 2. The van der Waals surface area contributed by atoms with Gasteiger partial charge in [-0.15, -0.1) is 0 Å². The van der Waals surface area contributed by atoms with E-state index in [0.717, 1.165) is 27.7 Å². The first kappa shape index (κ1) is 18.9. The van der Waals surface area contributed by atoms with Gasteiger partial charge in [0, 0.05) is 27.7 Å². The van der Waals surface area contributed by atoms with Gasteiger partial charge >= 0.3 is 0 Å². The van der Waals surface area contributed by atoms with E-state index in [0.29, 0.717) is 33.9 Å². The standard InChI is InChI=1S/C21H19ClN4O3/c1-27-16-8-11(9-17(28-2)20(16)29-3)18-19(26-21(23)25-18)14-6-7-24-15-10-12(22)4-5-13(14)15/h4-10H,1-3H3,(H3,23,25,26). The summed E-state index contributed by atoms with van der Waals surface area (Å²) in [6, 6.07) is 11.1. The molecule has 0 bridgehead atoms. The zero-order valence-corrected chi connectivity index (χ0v) is 16.9. The van der Waals surface area contributed by atoms with Gasteiger partial charge in [-0.2, -0.15) is 0 Å². The molecular weight excluding hydrogens is 392 g/mol. The molecule has 2 aromatic carbocycles. The summed E-state index contributed by atoms with van der Waals surface area (Å²) >= 11 is 6.12. The van der Waals surface area contributed by atoms with Crippen LogP contribution in [-0.2, 0) is 0 Å². The number of nitrogen functional groups attached to an aromatic ring is 1. The van der Waals surface area contributed by atoms with Gasteiger partial charge in [0.15, 0.2) is 17.4 Å². The number of nitrogens with two attached hydrogens (primary N) is 1. The highest BCUT2D eigenvalue weighted by Gasteiger charge is 2.20. The first-order chi connectivity index (χ1) is 14.0. The van der Waals surface area contributed by atoms with Crippen molar-refractivity contribution in [2.24, 2.45) is 0 Å². The molecule has 0 saturated heterocycles. The Bertz CT molecular complexity index is 1180. The molecule has 0 unspecified atom stereocenters. The molecule has 0 saturated carbocycles. The van der Waals surface area contributed by atoms with Crippen LogP contribution in [0.2, 0.25) is 5.02 Å². The smallest absolute Gasteiger partial charge is 0.203 e. The summed E-state index contributed by atoms with van der Waals surface area (Å²) in [6.45, 7) is 0. The third-order valence-corrected chi connectivity index (χ3v) is 4.87. The lowest BCUT2D eigenvalue weighted by atomic mass is 10.0. The molecule has 0 spiro atoms. The molecule has 2 aromatic heterocycles. The highest BCUT2D eigenvalue weighted by Crippen LogP contribution is 2.43. The predicted octanol–water partition coefficient (Wildman–Crippen LogP) is 4.55. The maximum atomic E-state index is 6.12. The molecule has 0 atom stereocenters. The van der Waals surface area contributed by atoms with Gasteiger partial charge < -0.3 is 24.9 Å². The second-order valence-electron chi connectivity index (χ2n) is 6.28. The highest BCUT2D eigenvalue weighted by molar-refractivity contribution is 6.31. The Balaban J connectivity index is 1.96. The van der Waals surface area contributed by atoms with E-state index < -0.39 is 0 Å². The van der Waals surface area contributed by atoms with Crippen molar-refractivity contribution in [3.8, 4) is 39.8 Å². The molecule has 148 valence electrons. The lowest BCUT2D eigenvalue weighted by molar-refractivity contribution is 0.324. The first-order valence-electron chi connectivity index (χ1n) is 8.76. The van der Waals surface area contributed by atoms with Crippen LogP contribution in [0, 0.1) is 0 Å². The number of methoxy groups -OCH3 is 3. The average Bonchev–Trinajstić information content (AvgIpc) is 3.13. The molecule has 0 amide bonds. The highest BCUT2D eigenvalue weighted by atomic mass is 35.5. The molecule has 2 heterocycles. The van der Waals surface area contributed by atoms with E-state index in [1.54, 1.807) is 27.5 Å². The number of H-pyrrole nitrogens is 1. The van der Waals surface area contributed by atoms with Gasteiger partial charge in [0.25, 0.3) is 0 Å². The first-order valence-corrected chi connectivity index (χ1v) is 9.14. The lowest BCUT2D eigenvalue weighted by Crippen LogP contribution is -1.96. The molecule has 0 aliphatic heterocycles. The van der Waals surface area contributed by atoms with Crippen LogP contribution in [0.25, 0.3) is 33.4 Å². The zero-order valence-electron chi connectivity index (χ0n) is 16.1. The number of hydrogen-bond acceptors (Lipinski definition) is 6. The maximum absolute atomic E-state index is 6.12. The fourth-order valence-corrected chi connectivity index (χ4v) is 3.52. The Hall–Kier alpha value is -3.45. The van der Waals surface area contributed by atoms with Gasteiger partial charge in [-0.25, -0.2) is 4.98 Å². The van der Waals surface area contributed by atoms with Crippen LogP contribution in [0.4, 0.5) is 5.95 Å². The van der Waals surface area contributed by atoms with Gasteiger partial charge in [0.2, 0.25) is 5.75 Å². The lowest BCUT2D eigenvalue weighted by Gasteiger charge is -2.14. The number of anilines is 1. The molecule has 3 N–H and O–H groups in total. The van der Waals surface area contributed by atoms with E-state index in [1.165, 1.54) is 0 Å².